The molecule has 1 fully saturated rings. The quantitative estimate of drug-likeness (QED) is 0.719. The predicted molar refractivity (Wildman–Crippen MR) is 92.2 cm³/mol. The second-order valence-corrected chi connectivity index (χ2v) is 6.50. The van der Waals surface area contributed by atoms with Crippen LogP contribution in [0.5, 0.6) is 5.75 Å². The number of methoxy groups -OCH3 is 1. The standard InChI is InChI=1S/C20H19F4NO2/c1-27-18-7-3-2-5-13(18)11-15-6-4-10-25(15)19(26)14-8-9-17(21)16(12-14)20(22,23)24/h2-3,5,7-9,12,15H,4,6,10-11H2,1H3. The molecule has 144 valence electrons. The molecule has 1 unspecified atom stereocenters. The van der Waals surface area contributed by atoms with Crippen LogP contribution in [0.25, 0.3) is 0 Å². The Morgan fingerprint density at radius 1 is 1.22 bits per heavy atom. The molecule has 0 radical (unpaired) electrons. The molecular formula is C20H19F4NO2. The maximum absolute atomic E-state index is 13.5. The number of nitrogens with zero attached hydrogens (tertiary/aromatic N) is 1. The van der Waals surface area contributed by atoms with Gasteiger partial charge in [-0.2, -0.15) is 13.2 Å². The number of alkyl halides is 3. The topological polar surface area (TPSA) is 29.5 Å². The molecule has 1 heterocycles. The zero-order chi connectivity index (χ0) is 19.6. The molecule has 2 aromatic carbocycles. The Kier molecular flexibility index (Phi) is 5.39. The summed E-state index contributed by atoms with van der Waals surface area (Å²) in [7, 11) is 1.56. The fourth-order valence-electron chi connectivity index (χ4n) is 3.48. The highest BCUT2D eigenvalue weighted by atomic mass is 19.4. The molecule has 1 aliphatic heterocycles. The summed E-state index contributed by atoms with van der Waals surface area (Å²) in [5.74, 6) is -1.19. The van der Waals surface area contributed by atoms with Gasteiger partial charge in [-0.05, 0) is 49.1 Å². The number of carbonyl (C=O) groups excluding carboxylic acids is 1. The van der Waals surface area contributed by atoms with E-state index in [0.717, 1.165) is 24.5 Å². The number of hydrogen-bond donors (Lipinski definition) is 0. The molecule has 0 aliphatic carbocycles. The maximum Gasteiger partial charge on any atom is 0.419 e. The third-order valence-electron chi connectivity index (χ3n) is 4.80. The minimum absolute atomic E-state index is 0.145. The van der Waals surface area contributed by atoms with Crippen LogP contribution in [-0.4, -0.2) is 30.5 Å². The molecule has 27 heavy (non-hydrogen) atoms. The van der Waals surface area contributed by atoms with Crippen LogP contribution in [0.4, 0.5) is 17.6 Å². The molecule has 0 aromatic heterocycles. The van der Waals surface area contributed by atoms with Gasteiger partial charge in [-0.3, -0.25) is 4.79 Å². The van der Waals surface area contributed by atoms with Crippen molar-refractivity contribution < 1.29 is 27.1 Å². The lowest BCUT2D eigenvalue weighted by molar-refractivity contribution is -0.140. The highest BCUT2D eigenvalue weighted by Crippen LogP contribution is 2.33. The zero-order valence-electron chi connectivity index (χ0n) is 14.7. The van der Waals surface area contributed by atoms with Crippen LogP contribution >= 0.6 is 0 Å². The molecule has 1 aliphatic rings. The van der Waals surface area contributed by atoms with Crippen molar-refractivity contribution in [3.8, 4) is 5.75 Å². The molecule has 2 aromatic rings. The van der Waals surface area contributed by atoms with E-state index in [0.29, 0.717) is 30.8 Å². The number of likely N-dealkylation sites (tertiary alicyclic amines) is 1. The fraction of sp³-hybridized carbons (Fsp3) is 0.350. The summed E-state index contributed by atoms with van der Waals surface area (Å²) in [6.07, 6.45) is -2.79. The third kappa shape index (κ3) is 4.07. The normalized spacial score (nSPS) is 17.2. The van der Waals surface area contributed by atoms with Crippen molar-refractivity contribution in [1.29, 1.82) is 0 Å². The van der Waals surface area contributed by atoms with E-state index in [4.69, 9.17) is 4.74 Å². The van der Waals surface area contributed by atoms with Crippen molar-refractivity contribution in [3.05, 3.63) is 65.0 Å². The summed E-state index contributed by atoms with van der Waals surface area (Å²) in [5.41, 5.74) is -0.649. The monoisotopic (exact) mass is 381 g/mol. The molecule has 0 N–H and O–H groups in total. The number of amides is 1. The van der Waals surface area contributed by atoms with Gasteiger partial charge in [0.25, 0.3) is 5.91 Å². The van der Waals surface area contributed by atoms with Gasteiger partial charge in [0.2, 0.25) is 0 Å². The summed E-state index contributed by atoms with van der Waals surface area (Å²) in [6, 6.07) is 9.69. The average molecular weight is 381 g/mol. The lowest BCUT2D eigenvalue weighted by atomic mass is 10.0. The van der Waals surface area contributed by atoms with E-state index in [1.807, 2.05) is 24.3 Å². The number of benzene rings is 2. The van der Waals surface area contributed by atoms with Crippen LogP contribution in [0.3, 0.4) is 0 Å². The Morgan fingerprint density at radius 2 is 1.96 bits per heavy atom. The summed E-state index contributed by atoms with van der Waals surface area (Å²) >= 11 is 0. The van der Waals surface area contributed by atoms with Gasteiger partial charge in [0.05, 0.1) is 12.7 Å². The molecule has 1 atom stereocenters. The van der Waals surface area contributed by atoms with Gasteiger partial charge in [0.1, 0.15) is 11.6 Å². The molecule has 3 nitrogen and oxygen atoms in total. The molecule has 0 bridgehead atoms. The number of halogens is 4. The van der Waals surface area contributed by atoms with Crippen molar-refractivity contribution >= 4 is 5.91 Å². The van der Waals surface area contributed by atoms with Gasteiger partial charge in [-0.25, -0.2) is 4.39 Å². The number of hydrogen-bond acceptors (Lipinski definition) is 2. The molecular weight excluding hydrogens is 362 g/mol. The Morgan fingerprint density at radius 3 is 2.67 bits per heavy atom. The summed E-state index contributed by atoms with van der Waals surface area (Å²) in [4.78, 5) is 14.4. The molecule has 1 amide bonds. The minimum atomic E-state index is -4.85. The average Bonchev–Trinajstić information content (AvgIpc) is 3.09. The number of carbonyl (C=O) groups is 1. The smallest absolute Gasteiger partial charge is 0.419 e. The van der Waals surface area contributed by atoms with Gasteiger partial charge in [-0.1, -0.05) is 18.2 Å². The predicted octanol–water partition coefficient (Wildman–Crippen LogP) is 4.70. The van der Waals surface area contributed by atoms with Crippen LogP contribution in [0, 0.1) is 5.82 Å². The highest BCUT2D eigenvalue weighted by Gasteiger charge is 2.36. The van der Waals surface area contributed by atoms with E-state index >= 15 is 0 Å². The Bertz CT molecular complexity index is 835. The second-order valence-electron chi connectivity index (χ2n) is 6.50. The van der Waals surface area contributed by atoms with Gasteiger partial charge < -0.3 is 9.64 Å². The van der Waals surface area contributed by atoms with Crippen LogP contribution in [0.1, 0.15) is 34.3 Å². The Balaban J connectivity index is 1.84. The first-order chi connectivity index (χ1) is 12.8. The molecule has 3 rings (SSSR count). The van der Waals surface area contributed by atoms with Crippen molar-refractivity contribution in [1.82, 2.24) is 4.90 Å². The van der Waals surface area contributed by atoms with Crippen LogP contribution in [0.2, 0.25) is 0 Å². The number of rotatable bonds is 4. The van der Waals surface area contributed by atoms with Crippen molar-refractivity contribution in [2.24, 2.45) is 0 Å². The molecule has 1 saturated heterocycles. The van der Waals surface area contributed by atoms with E-state index in [1.165, 1.54) is 0 Å². The van der Waals surface area contributed by atoms with E-state index in [1.54, 1.807) is 12.0 Å². The number of para-hydroxylation sites is 1. The molecule has 7 heteroatoms. The highest BCUT2D eigenvalue weighted by molar-refractivity contribution is 5.94. The van der Waals surface area contributed by atoms with E-state index in [2.05, 4.69) is 0 Å². The van der Waals surface area contributed by atoms with Crippen molar-refractivity contribution in [2.75, 3.05) is 13.7 Å². The third-order valence-corrected chi connectivity index (χ3v) is 4.80. The Labute approximate surface area is 154 Å². The fourth-order valence-corrected chi connectivity index (χ4v) is 3.48. The second kappa shape index (κ2) is 7.58. The summed E-state index contributed by atoms with van der Waals surface area (Å²) in [5, 5.41) is 0. The van der Waals surface area contributed by atoms with Crippen molar-refractivity contribution in [3.63, 3.8) is 0 Å². The van der Waals surface area contributed by atoms with Gasteiger partial charge in [0.15, 0.2) is 0 Å². The zero-order valence-corrected chi connectivity index (χ0v) is 14.7. The van der Waals surface area contributed by atoms with E-state index < -0.39 is 23.5 Å². The van der Waals surface area contributed by atoms with E-state index in [9.17, 15) is 22.4 Å². The lowest BCUT2D eigenvalue weighted by Gasteiger charge is -2.26. The first-order valence-corrected chi connectivity index (χ1v) is 8.61. The van der Waals surface area contributed by atoms with E-state index in [-0.39, 0.29) is 11.6 Å². The van der Waals surface area contributed by atoms with Crippen LogP contribution < -0.4 is 4.74 Å². The summed E-state index contributed by atoms with van der Waals surface area (Å²) in [6.45, 7) is 0.456. The minimum Gasteiger partial charge on any atom is -0.496 e. The van der Waals surface area contributed by atoms with Gasteiger partial charge >= 0.3 is 6.18 Å². The lowest BCUT2D eigenvalue weighted by Crippen LogP contribution is -2.37. The van der Waals surface area contributed by atoms with Crippen molar-refractivity contribution in [2.45, 2.75) is 31.5 Å². The first kappa shape index (κ1) is 19.2. The Hall–Kier alpha value is -2.57. The molecule has 0 spiro atoms. The van der Waals surface area contributed by atoms with Crippen LogP contribution in [0.15, 0.2) is 42.5 Å². The summed E-state index contributed by atoms with van der Waals surface area (Å²) < 4.78 is 57.6. The largest absolute Gasteiger partial charge is 0.496 e. The maximum atomic E-state index is 13.5. The SMILES string of the molecule is COc1ccccc1CC1CCCN1C(=O)c1ccc(F)c(C(F)(F)F)c1. The number of ether oxygens (including phenoxy) is 1. The van der Waals surface area contributed by atoms with Gasteiger partial charge in [-0.15, -0.1) is 0 Å². The first-order valence-electron chi connectivity index (χ1n) is 8.61. The van der Waals surface area contributed by atoms with Gasteiger partial charge in [0, 0.05) is 18.2 Å². The molecule has 0 saturated carbocycles. The van der Waals surface area contributed by atoms with Crippen LogP contribution in [-0.2, 0) is 12.6 Å².